The van der Waals surface area contributed by atoms with Crippen molar-refractivity contribution in [2.24, 2.45) is 0 Å². The molecule has 1 aromatic carbocycles. The highest BCUT2D eigenvalue weighted by molar-refractivity contribution is 6.35. The van der Waals surface area contributed by atoms with Crippen LogP contribution in [0.3, 0.4) is 0 Å². The molecule has 1 aliphatic rings. The molecule has 23 heavy (non-hydrogen) atoms. The van der Waals surface area contributed by atoms with E-state index in [-0.39, 0.29) is 23.9 Å². The highest BCUT2D eigenvalue weighted by Gasteiger charge is 2.31. The molecule has 7 heteroatoms. The van der Waals surface area contributed by atoms with Crippen molar-refractivity contribution < 1.29 is 9.53 Å². The molecule has 2 aromatic heterocycles. The van der Waals surface area contributed by atoms with Crippen LogP contribution in [0.4, 0.5) is 0 Å². The van der Waals surface area contributed by atoms with E-state index < -0.39 is 5.97 Å². The predicted octanol–water partition coefficient (Wildman–Crippen LogP) is 2.81. The van der Waals surface area contributed by atoms with Crippen molar-refractivity contribution in [2.75, 3.05) is 6.61 Å². The van der Waals surface area contributed by atoms with E-state index in [0.29, 0.717) is 21.6 Å². The van der Waals surface area contributed by atoms with Crippen LogP contribution in [-0.2, 0) is 4.74 Å². The summed E-state index contributed by atoms with van der Waals surface area (Å²) in [5, 5.41) is 0.844. The molecule has 118 valence electrons. The molecule has 0 radical (unpaired) electrons. The number of aromatic nitrogens is 3. The Morgan fingerprint density at radius 2 is 2.22 bits per heavy atom. The summed E-state index contributed by atoms with van der Waals surface area (Å²) in [6.45, 7) is 1.99. The Labute approximate surface area is 136 Å². The third kappa shape index (κ3) is 2.05. The molecular weight excluding hydrogens is 318 g/mol. The van der Waals surface area contributed by atoms with Crippen molar-refractivity contribution in [1.29, 1.82) is 0 Å². The second-order valence-electron chi connectivity index (χ2n) is 5.55. The van der Waals surface area contributed by atoms with Gasteiger partial charge in [0.15, 0.2) is 11.3 Å². The molecule has 1 saturated carbocycles. The maximum Gasteiger partial charge on any atom is 0.360 e. The van der Waals surface area contributed by atoms with E-state index in [1.54, 1.807) is 40.4 Å². The highest BCUT2D eigenvalue weighted by atomic mass is 35.5. The molecule has 1 fully saturated rings. The van der Waals surface area contributed by atoms with Gasteiger partial charge in [-0.15, -0.1) is 0 Å². The summed E-state index contributed by atoms with van der Waals surface area (Å²) in [5.41, 5.74) is 1.09. The van der Waals surface area contributed by atoms with E-state index in [9.17, 15) is 9.59 Å². The number of hydrogen-bond donors (Lipinski definition) is 0. The quantitative estimate of drug-likeness (QED) is 0.692. The number of benzene rings is 1. The summed E-state index contributed by atoms with van der Waals surface area (Å²) in [7, 11) is 0. The van der Waals surface area contributed by atoms with Crippen LogP contribution in [0.15, 0.2) is 29.3 Å². The van der Waals surface area contributed by atoms with E-state index in [4.69, 9.17) is 16.3 Å². The monoisotopic (exact) mass is 331 g/mol. The first-order valence-electron chi connectivity index (χ1n) is 7.50. The van der Waals surface area contributed by atoms with E-state index in [2.05, 4.69) is 4.98 Å². The van der Waals surface area contributed by atoms with Crippen LogP contribution in [-0.4, -0.2) is 26.5 Å². The van der Waals surface area contributed by atoms with E-state index in [1.165, 1.54) is 0 Å². The van der Waals surface area contributed by atoms with Crippen molar-refractivity contribution in [1.82, 2.24) is 14.0 Å². The van der Waals surface area contributed by atoms with Gasteiger partial charge in [0.05, 0.1) is 22.5 Å². The minimum Gasteiger partial charge on any atom is -0.461 e. The molecule has 1 aliphatic carbocycles. The third-order valence-electron chi connectivity index (χ3n) is 4.04. The van der Waals surface area contributed by atoms with Gasteiger partial charge in [-0.2, -0.15) is 0 Å². The minimum absolute atomic E-state index is 0.0792. The number of hydrogen-bond acceptors (Lipinski definition) is 4. The number of ether oxygens (including phenoxy) is 1. The van der Waals surface area contributed by atoms with Crippen molar-refractivity contribution in [2.45, 2.75) is 25.8 Å². The maximum atomic E-state index is 13.0. The van der Waals surface area contributed by atoms with Crippen LogP contribution in [0.1, 0.15) is 36.3 Å². The smallest absolute Gasteiger partial charge is 0.360 e. The van der Waals surface area contributed by atoms with Crippen LogP contribution in [0.2, 0.25) is 5.02 Å². The van der Waals surface area contributed by atoms with Crippen LogP contribution in [0.5, 0.6) is 0 Å². The summed E-state index contributed by atoms with van der Waals surface area (Å²) < 4.78 is 8.44. The van der Waals surface area contributed by atoms with Crippen LogP contribution >= 0.6 is 11.6 Å². The molecule has 0 saturated heterocycles. The zero-order chi connectivity index (χ0) is 16.1. The molecule has 0 spiro atoms. The van der Waals surface area contributed by atoms with Crippen LogP contribution in [0, 0.1) is 0 Å². The average molecular weight is 332 g/mol. The number of rotatable bonds is 3. The molecule has 4 rings (SSSR count). The number of carbonyl (C=O) groups is 1. The molecule has 0 amide bonds. The summed E-state index contributed by atoms with van der Waals surface area (Å²) in [4.78, 5) is 29.3. The van der Waals surface area contributed by atoms with Gasteiger partial charge in [0.2, 0.25) is 0 Å². The Morgan fingerprint density at radius 1 is 1.43 bits per heavy atom. The lowest BCUT2D eigenvalue weighted by molar-refractivity contribution is 0.0522. The van der Waals surface area contributed by atoms with Crippen LogP contribution < -0.4 is 5.56 Å². The number of imidazole rings is 1. The summed E-state index contributed by atoms with van der Waals surface area (Å²) in [5.74, 6) is -0.523. The predicted molar refractivity (Wildman–Crippen MR) is 86.2 cm³/mol. The van der Waals surface area contributed by atoms with Crippen LogP contribution in [0.25, 0.3) is 16.6 Å². The third-order valence-corrected chi connectivity index (χ3v) is 4.35. The van der Waals surface area contributed by atoms with E-state index >= 15 is 0 Å². The normalized spacial score (nSPS) is 14.5. The van der Waals surface area contributed by atoms with Gasteiger partial charge in [0.25, 0.3) is 5.56 Å². The van der Waals surface area contributed by atoms with Gasteiger partial charge in [0.1, 0.15) is 6.33 Å². The Hall–Kier alpha value is -2.34. The Balaban J connectivity index is 2.17. The topological polar surface area (TPSA) is 65.6 Å². The molecular formula is C16H14ClN3O3. The zero-order valence-corrected chi connectivity index (χ0v) is 13.2. The Bertz CT molecular complexity index is 1000. The molecule has 2 heterocycles. The maximum absolute atomic E-state index is 13.0. The fourth-order valence-electron chi connectivity index (χ4n) is 2.91. The fourth-order valence-corrected chi connectivity index (χ4v) is 3.16. The molecule has 0 N–H and O–H groups in total. The number of carbonyl (C=O) groups excluding carboxylic acids is 1. The standard InChI is InChI=1S/C16H14ClN3O3/c1-2-23-16(22)13-14-19(8-18-13)11-5-3-4-10(17)12(11)15(21)20(14)9-6-7-9/h3-5,8-9H,2,6-7H2,1H3. The number of esters is 1. The molecule has 0 atom stereocenters. The van der Waals surface area contributed by atoms with Gasteiger partial charge < -0.3 is 4.74 Å². The van der Waals surface area contributed by atoms with E-state index in [0.717, 1.165) is 12.8 Å². The van der Waals surface area contributed by atoms with Gasteiger partial charge in [-0.3, -0.25) is 13.8 Å². The Kier molecular flexibility index (Phi) is 3.16. The largest absolute Gasteiger partial charge is 0.461 e. The van der Waals surface area contributed by atoms with Gasteiger partial charge in [-0.1, -0.05) is 17.7 Å². The molecule has 0 aliphatic heterocycles. The lowest BCUT2D eigenvalue weighted by Crippen LogP contribution is -2.23. The Morgan fingerprint density at radius 3 is 2.91 bits per heavy atom. The zero-order valence-electron chi connectivity index (χ0n) is 12.5. The van der Waals surface area contributed by atoms with Crippen molar-refractivity contribution in [3.63, 3.8) is 0 Å². The van der Waals surface area contributed by atoms with Crippen molar-refractivity contribution >= 4 is 34.1 Å². The van der Waals surface area contributed by atoms with Crippen molar-refractivity contribution in [3.05, 3.63) is 45.6 Å². The number of fused-ring (bicyclic) bond motifs is 3. The lowest BCUT2D eigenvalue weighted by Gasteiger charge is -2.12. The van der Waals surface area contributed by atoms with Gasteiger partial charge in [-0.05, 0) is 31.9 Å². The molecule has 0 bridgehead atoms. The molecule has 3 aromatic rings. The van der Waals surface area contributed by atoms with Gasteiger partial charge in [-0.25, -0.2) is 9.78 Å². The van der Waals surface area contributed by atoms with Gasteiger partial charge >= 0.3 is 5.97 Å². The first-order valence-corrected chi connectivity index (χ1v) is 7.88. The number of halogens is 1. The minimum atomic E-state index is -0.523. The molecule has 0 unspecified atom stereocenters. The first kappa shape index (κ1) is 14.3. The number of nitrogens with zero attached hydrogens (tertiary/aromatic N) is 3. The van der Waals surface area contributed by atoms with Gasteiger partial charge in [0, 0.05) is 6.04 Å². The summed E-state index contributed by atoms with van der Waals surface area (Å²) in [6, 6.07) is 5.34. The lowest BCUT2D eigenvalue weighted by atomic mass is 10.2. The fraction of sp³-hybridized carbons (Fsp3) is 0.312. The summed E-state index contributed by atoms with van der Waals surface area (Å²) in [6.07, 6.45) is 3.34. The SMILES string of the molecule is CCOC(=O)c1ncn2c3cccc(Cl)c3c(=O)n(C3CC3)c12. The highest BCUT2D eigenvalue weighted by Crippen LogP contribution is 2.36. The molecule has 6 nitrogen and oxygen atoms in total. The second-order valence-corrected chi connectivity index (χ2v) is 5.95. The van der Waals surface area contributed by atoms with Crippen molar-refractivity contribution in [3.8, 4) is 0 Å². The average Bonchev–Trinajstić information content (AvgIpc) is 3.25. The van der Waals surface area contributed by atoms with E-state index in [1.807, 2.05) is 0 Å². The first-order chi connectivity index (χ1) is 11.1. The summed E-state index contributed by atoms with van der Waals surface area (Å²) >= 11 is 6.24. The second kappa shape index (κ2) is 5.09.